The van der Waals surface area contributed by atoms with E-state index in [1.165, 1.54) is 17.1 Å². The Morgan fingerprint density at radius 1 is 1.23 bits per heavy atom. The summed E-state index contributed by atoms with van der Waals surface area (Å²) in [6, 6.07) is 10.2. The highest BCUT2D eigenvalue weighted by atomic mass is 32.1. The fourth-order valence-electron chi connectivity index (χ4n) is 1.02. The van der Waals surface area contributed by atoms with Crippen molar-refractivity contribution in [2.45, 2.75) is 6.54 Å². The molecule has 3 nitrogen and oxygen atoms in total. The lowest BCUT2D eigenvalue weighted by molar-refractivity contribution is 1.13. The molecule has 0 bridgehead atoms. The van der Waals surface area contributed by atoms with E-state index in [1.807, 2.05) is 18.2 Å². The van der Waals surface area contributed by atoms with Gasteiger partial charge < -0.3 is 5.32 Å². The maximum Gasteiger partial charge on any atom is 0.202 e. The van der Waals surface area contributed by atoms with Crippen LogP contribution in [0.15, 0.2) is 36.7 Å². The average Bonchev–Trinajstić information content (AvgIpc) is 2.69. The molecule has 0 unspecified atom stereocenters. The molecular formula is C9H9N3S. The van der Waals surface area contributed by atoms with Crippen molar-refractivity contribution in [1.29, 1.82) is 0 Å². The first kappa shape index (κ1) is 8.19. The van der Waals surface area contributed by atoms with Gasteiger partial charge in [0.1, 0.15) is 6.33 Å². The fourth-order valence-corrected chi connectivity index (χ4v) is 1.45. The Labute approximate surface area is 80.6 Å². The molecule has 0 atom stereocenters. The third-order valence-corrected chi connectivity index (χ3v) is 2.27. The van der Waals surface area contributed by atoms with Gasteiger partial charge in [-0.15, -0.1) is 0 Å². The molecule has 0 amide bonds. The van der Waals surface area contributed by atoms with Gasteiger partial charge in [0.15, 0.2) is 0 Å². The third-order valence-electron chi connectivity index (χ3n) is 1.65. The zero-order valence-corrected chi connectivity index (χ0v) is 7.79. The van der Waals surface area contributed by atoms with Crippen molar-refractivity contribution in [1.82, 2.24) is 9.36 Å². The molecule has 0 radical (unpaired) electrons. The Morgan fingerprint density at radius 2 is 2.08 bits per heavy atom. The van der Waals surface area contributed by atoms with Crippen LogP contribution in [-0.4, -0.2) is 9.36 Å². The number of rotatable bonds is 3. The van der Waals surface area contributed by atoms with Gasteiger partial charge in [-0.25, -0.2) is 4.98 Å². The molecule has 0 fully saturated rings. The second-order valence-electron chi connectivity index (χ2n) is 2.59. The van der Waals surface area contributed by atoms with Crippen molar-refractivity contribution in [3.63, 3.8) is 0 Å². The minimum Gasteiger partial charge on any atom is -0.356 e. The summed E-state index contributed by atoms with van der Waals surface area (Å²) in [5.74, 6) is 0. The van der Waals surface area contributed by atoms with E-state index in [0.29, 0.717) is 0 Å². The normalized spacial score (nSPS) is 9.85. The minimum atomic E-state index is 0.802. The minimum absolute atomic E-state index is 0.802. The number of aromatic nitrogens is 2. The molecule has 1 aromatic heterocycles. The highest BCUT2D eigenvalue weighted by Crippen LogP contribution is 2.08. The van der Waals surface area contributed by atoms with Gasteiger partial charge in [0.2, 0.25) is 5.13 Å². The number of hydrogen-bond acceptors (Lipinski definition) is 4. The molecule has 0 aliphatic carbocycles. The molecule has 1 N–H and O–H groups in total. The van der Waals surface area contributed by atoms with Crippen LogP contribution in [0.1, 0.15) is 5.56 Å². The van der Waals surface area contributed by atoms with Crippen molar-refractivity contribution in [2.75, 3.05) is 5.32 Å². The van der Waals surface area contributed by atoms with Crippen LogP contribution in [0, 0.1) is 0 Å². The van der Waals surface area contributed by atoms with Crippen LogP contribution in [0.25, 0.3) is 0 Å². The van der Waals surface area contributed by atoms with E-state index in [2.05, 4.69) is 26.8 Å². The van der Waals surface area contributed by atoms with Crippen molar-refractivity contribution < 1.29 is 0 Å². The molecular weight excluding hydrogens is 182 g/mol. The van der Waals surface area contributed by atoms with E-state index in [-0.39, 0.29) is 0 Å². The van der Waals surface area contributed by atoms with Crippen LogP contribution in [0.3, 0.4) is 0 Å². The van der Waals surface area contributed by atoms with E-state index in [0.717, 1.165) is 11.7 Å². The molecule has 1 heterocycles. The number of benzene rings is 1. The molecule has 1 aromatic carbocycles. The molecule has 0 spiro atoms. The second-order valence-corrected chi connectivity index (χ2v) is 3.37. The predicted molar refractivity (Wildman–Crippen MR) is 53.7 cm³/mol. The highest BCUT2D eigenvalue weighted by molar-refractivity contribution is 7.09. The van der Waals surface area contributed by atoms with Crippen LogP contribution in [0.4, 0.5) is 5.13 Å². The zero-order valence-electron chi connectivity index (χ0n) is 6.97. The van der Waals surface area contributed by atoms with E-state index >= 15 is 0 Å². The van der Waals surface area contributed by atoms with Crippen LogP contribution < -0.4 is 5.32 Å². The number of nitrogens with one attached hydrogen (secondary N) is 1. The molecule has 2 aromatic rings. The maximum atomic E-state index is 4.03. The maximum absolute atomic E-state index is 4.03. The summed E-state index contributed by atoms with van der Waals surface area (Å²) >= 11 is 1.37. The van der Waals surface area contributed by atoms with Gasteiger partial charge in [-0.05, 0) is 5.56 Å². The van der Waals surface area contributed by atoms with Crippen molar-refractivity contribution in [3.05, 3.63) is 42.2 Å². The highest BCUT2D eigenvalue weighted by Gasteiger charge is 1.94. The molecule has 0 saturated carbocycles. The van der Waals surface area contributed by atoms with Gasteiger partial charge in [0.25, 0.3) is 0 Å². The topological polar surface area (TPSA) is 37.8 Å². The lowest BCUT2D eigenvalue weighted by Crippen LogP contribution is -1.97. The largest absolute Gasteiger partial charge is 0.356 e. The van der Waals surface area contributed by atoms with E-state index in [4.69, 9.17) is 0 Å². The van der Waals surface area contributed by atoms with Crippen LogP contribution in [0.2, 0.25) is 0 Å². The zero-order chi connectivity index (χ0) is 8.93. The summed E-state index contributed by atoms with van der Waals surface area (Å²) in [6.07, 6.45) is 1.55. The van der Waals surface area contributed by atoms with Gasteiger partial charge in [-0.2, -0.15) is 4.37 Å². The van der Waals surface area contributed by atoms with E-state index in [1.54, 1.807) is 6.33 Å². The van der Waals surface area contributed by atoms with Gasteiger partial charge in [0, 0.05) is 18.1 Å². The number of hydrogen-bond donors (Lipinski definition) is 1. The molecule has 0 aliphatic heterocycles. The Balaban J connectivity index is 1.94. The van der Waals surface area contributed by atoms with Crippen LogP contribution in [0.5, 0.6) is 0 Å². The summed E-state index contributed by atoms with van der Waals surface area (Å²) < 4.78 is 3.90. The van der Waals surface area contributed by atoms with Crippen molar-refractivity contribution >= 4 is 16.7 Å². The summed E-state index contributed by atoms with van der Waals surface area (Å²) in [5.41, 5.74) is 1.25. The summed E-state index contributed by atoms with van der Waals surface area (Å²) in [6.45, 7) is 0.802. The number of anilines is 1. The molecule has 4 heteroatoms. The second kappa shape index (κ2) is 4.00. The van der Waals surface area contributed by atoms with Crippen LogP contribution in [-0.2, 0) is 6.54 Å². The smallest absolute Gasteiger partial charge is 0.202 e. The van der Waals surface area contributed by atoms with Gasteiger partial charge in [0.05, 0.1) is 0 Å². The van der Waals surface area contributed by atoms with Crippen molar-refractivity contribution in [2.24, 2.45) is 0 Å². The molecule has 66 valence electrons. The van der Waals surface area contributed by atoms with Crippen molar-refractivity contribution in [3.8, 4) is 0 Å². The van der Waals surface area contributed by atoms with Gasteiger partial charge in [-0.3, -0.25) is 0 Å². The molecule has 13 heavy (non-hydrogen) atoms. The first-order chi connectivity index (χ1) is 6.45. The summed E-state index contributed by atoms with van der Waals surface area (Å²) in [7, 11) is 0. The van der Waals surface area contributed by atoms with Crippen LogP contribution >= 0.6 is 11.5 Å². The van der Waals surface area contributed by atoms with E-state index < -0.39 is 0 Å². The first-order valence-corrected chi connectivity index (χ1v) is 4.77. The Kier molecular flexibility index (Phi) is 2.52. The quantitative estimate of drug-likeness (QED) is 0.807. The third kappa shape index (κ3) is 2.26. The van der Waals surface area contributed by atoms with Gasteiger partial charge >= 0.3 is 0 Å². The lowest BCUT2D eigenvalue weighted by Gasteiger charge is -2.00. The first-order valence-electron chi connectivity index (χ1n) is 3.99. The number of nitrogens with zero attached hydrogens (tertiary/aromatic N) is 2. The standard InChI is InChI=1S/C9H9N3S/c1-2-4-8(5-3-1)6-10-9-11-7-12-13-9/h1-5,7H,6H2,(H,10,11,12). The predicted octanol–water partition coefficient (Wildman–Crippen LogP) is 2.15. The SMILES string of the molecule is c1ccc(CNc2ncns2)cc1. The summed E-state index contributed by atoms with van der Waals surface area (Å²) in [5, 5.41) is 4.05. The summed E-state index contributed by atoms with van der Waals surface area (Å²) in [4.78, 5) is 4.03. The molecule has 2 rings (SSSR count). The lowest BCUT2D eigenvalue weighted by atomic mass is 10.2. The Bertz CT molecular complexity index is 344. The van der Waals surface area contributed by atoms with E-state index in [9.17, 15) is 0 Å². The fraction of sp³-hybridized carbons (Fsp3) is 0.111. The Hall–Kier alpha value is -1.42. The molecule has 0 aliphatic rings. The monoisotopic (exact) mass is 191 g/mol. The molecule has 0 saturated heterocycles. The van der Waals surface area contributed by atoms with Gasteiger partial charge in [-0.1, -0.05) is 30.3 Å². The Morgan fingerprint density at radius 3 is 2.77 bits per heavy atom. The average molecular weight is 191 g/mol.